The lowest BCUT2D eigenvalue weighted by atomic mass is 10.0. The quantitative estimate of drug-likeness (QED) is 0.499. The Bertz CT molecular complexity index is 668. The van der Waals surface area contributed by atoms with E-state index in [1.54, 1.807) is 6.92 Å². The molecule has 0 amide bonds. The Morgan fingerprint density at radius 1 is 1.55 bits per heavy atom. The fraction of sp³-hybridized carbons (Fsp3) is 0.500. The molecule has 2 rings (SSSR count). The minimum Gasteiger partial charge on any atom is -0.392 e. The SMILES string of the molecule is Cc1c(Br)c(N2CCC(N(C)C)C2)c([N+](=O)[O-])c(N)c1C#N. The van der Waals surface area contributed by atoms with E-state index in [4.69, 9.17) is 5.73 Å². The van der Waals surface area contributed by atoms with Crippen LogP contribution in [0.3, 0.4) is 0 Å². The van der Waals surface area contributed by atoms with Crippen LogP contribution in [0.4, 0.5) is 17.1 Å². The third-order valence-electron chi connectivity index (χ3n) is 4.17. The number of likely N-dealkylation sites (N-methyl/N-ethyl adjacent to an activating group) is 1. The van der Waals surface area contributed by atoms with E-state index in [0.29, 0.717) is 34.9 Å². The molecule has 1 aliphatic rings. The summed E-state index contributed by atoms with van der Waals surface area (Å²) in [6, 6.07) is 2.29. The molecule has 1 heterocycles. The van der Waals surface area contributed by atoms with Crippen LogP contribution in [0.2, 0.25) is 0 Å². The maximum absolute atomic E-state index is 11.5. The molecule has 0 aliphatic carbocycles. The van der Waals surface area contributed by atoms with Gasteiger partial charge in [-0.05, 0) is 48.9 Å². The molecule has 1 aromatic rings. The van der Waals surface area contributed by atoms with Crippen molar-refractivity contribution < 1.29 is 4.92 Å². The standard InChI is InChI=1S/C14H18BrN5O2/c1-8-10(6-16)12(17)14(20(21)22)13(11(8)15)19-5-4-9(7-19)18(2)3/h9H,4-5,7,17H2,1-3H3. The van der Waals surface area contributed by atoms with Gasteiger partial charge in [-0.15, -0.1) is 0 Å². The van der Waals surface area contributed by atoms with Crippen molar-refractivity contribution in [1.82, 2.24) is 4.90 Å². The lowest BCUT2D eigenvalue weighted by Gasteiger charge is -2.24. The lowest BCUT2D eigenvalue weighted by molar-refractivity contribution is -0.383. The zero-order valence-electron chi connectivity index (χ0n) is 12.8. The molecule has 0 spiro atoms. The van der Waals surface area contributed by atoms with Crippen molar-refractivity contribution in [1.29, 1.82) is 5.26 Å². The predicted octanol–water partition coefficient (Wildman–Crippen LogP) is 2.26. The second-order valence-electron chi connectivity index (χ2n) is 5.65. The molecule has 8 heteroatoms. The molecule has 1 unspecified atom stereocenters. The summed E-state index contributed by atoms with van der Waals surface area (Å²) >= 11 is 3.43. The molecule has 118 valence electrons. The molecule has 0 radical (unpaired) electrons. The maximum Gasteiger partial charge on any atom is 0.317 e. The smallest absolute Gasteiger partial charge is 0.317 e. The number of halogens is 1. The Hall–Kier alpha value is -1.85. The first kappa shape index (κ1) is 16.5. The first-order chi connectivity index (χ1) is 10.3. The summed E-state index contributed by atoms with van der Waals surface area (Å²) in [5.41, 5.74) is 6.93. The van der Waals surface area contributed by atoms with Crippen molar-refractivity contribution >= 4 is 33.0 Å². The molecule has 22 heavy (non-hydrogen) atoms. The number of nitro groups is 1. The van der Waals surface area contributed by atoms with E-state index in [0.717, 1.165) is 6.42 Å². The topological polar surface area (TPSA) is 99.4 Å². The molecule has 1 aliphatic heterocycles. The average Bonchev–Trinajstić information content (AvgIpc) is 2.92. The minimum atomic E-state index is -0.501. The summed E-state index contributed by atoms with van der Waals surface area (Å²) in [6.07, 6.45) is 0.926. The fourth-order valence-electron chi connectivity index (χ4n) is 2.82. The average molecular weight is 368 g/mol. The highest BCUT2D eigenvalue weighted by Crippen LogP contribution is 2.45. The summed E-state index contributed by atoms with van der Waals surface area (Å²) < 4.78 is 0.573. The van der Waals surface area contributed by atoms with Crippen LogP contribution in [0, 0.1) is 28.4 Å². The van der Waals surface area contributed by atoms with Gasteiger partial charge in [0.05, 0.1) is 15.0 Å². The van der Waals surface area contributed by atoms with Gasteiger partial charge < -0.3 is 15.5 Å². The summed E-state index contributed by atoms with van der Waals surface area (Å²) in [4.78, 5) is 15.1. The van der Waals surface area contributed by atoms with Crippen molar-refractivity contribution in [2.45, 2.75) is 19.4 Å². The predicted molar refractivity (Wildman–Crippen MR) is 89.0 cm³/mol. The van der Waals surface area contributed by atoms with Crippen molar-refractivity contribution in [3.8, 4) is 6.07 Å². The minimum absolute atomic E-state index is 0.0588. The van der Waals surface area contributed by atoms with Crippen LogP contribution in [0.5, 0.6) is 0 Å². The molecule has 0 bridgehead atoms. The van der Waals surface area contributed by atoms with Gasteiger partial charge in [-0.2, -0.15) is 5.26 Å². The highest BCUT2D eigenvalue weighted by atomic mass is 79.9. The summed E-state index contributed by atoms with van der Waals surface area (Å²) in [6.45, 7) is 3.15. The summed E-state index contributed by atoms with van der Waals surface area (Å²) in [5.74, 6) is 0. The first-order valence-electron chi connectivity index (χ1n) is 6.87. The van der Waals surface area contributed by atoms with Crippen molar-refractivity contribution in [2.24, 2.45) is 0 Å². The second kappa shape index (κ2) is 6.10. The van der Waals surface area contributed by atoms with Crippen molar-refractivity contribution in [3.05, 3.63) is 25.7 Å². The second-order valence-corrected chi connectivity index (χ2v) is 6.44. The summed E-state index contributed by atoms with van der Waals surface area (Å²) in [7, 11) is 3.99. The molecule has 0 aromatic heterocycles. The highest BCUT2D eigenvalue weighted by molar-refractivity contribution is 9.10. The van der Waals surface area contributed by atoms with E-state index in [-0.39, 0.29) is 16.9 Å². The van der Waals surface area contributed by atoms with Gasteiger partial charge in [0, 0.05) is 19.1 Å². The zero-order chi connectivity index (χ0) is 16.6. The fourth-order valence-corrected chi connectivity index (χ4v) is 3.46. The van der Waals surface area contributed by atoms with E-state index in [1.807, 2.05) is 25.1 Å². The number of hydrogen-bond acceptors (Lipinski definition) is 6. The van der Waals surface area contributed by atoms with Gasteiger partial charge in [0.2, 0.25) is 0 Å². The number of nitro benzene ring substituents is 1. The number of hydrogen-bond donors (Lipinski definition) is 1. The van der Waals surface area contributed by atoms with E-state index in [2.05, 4.69) is 20.8 Å². The van der Waals surface area contributed by atoms with Gasteiger partial charge in [-0.3, -0.25) is 10.1 Å². The van der Waals surface area contributed by atoms with Crippen LogP contribution in [-0.2, 0) is 0 Å². The Morgan fingerprint density at radius 3 is 2.64 bits per heavy atom. The van der Waals surface area contributed by atoms with Gasteiger partial charge in [0.25, 0.3) is 0 Å². The molecular formula is C14H18BrN5O2. The van der Waals surface area contributed by atoms with E-state index in [9.17, 15) is 15.4 Å². The molecule has 7 nitrogen and oxygen atoms in total. The maximum atomic E-state index is 11.5. The monoisotopic (exact) mass is 367 g/mol. The van der Waals surface area contributed by atoms with Crippen molar-refractivity contribution in [3.63, 3.8) is 0 Å². The Kier molecular flexibility index (Phi) is 4.58. The highest BCUT2D eigenvalue weighted by Gasteiger charge is 2.34. The molecule has 2 N–H and O–H groups in total. The Morgan fingerprint density at radius 2 is 2.18 bits per heavy atom. The van der Waals surface area contributed by atoms with Crippen LogP contribution in [0.1, 0.15) is 17.5 Å². The summed E-state index contributed by atoms with van der Waals surface area (Å²) in [5, 5.41) is 20.7. The normalized spacial score (nSPS) is 17.8. The number of nitriles is 1. The molecule has 1 fully saturated rings. The molecule has 1 saturated heterocycles. The van der Waals surface area contributed by atoms with Crippen LogP contribution < -0.4 is 10.6 Å². The third kappa shape index (κ3) is 2.62. The zero-order valence-corrected chi connectivity index (χ0v) is 14.3. The Balaban J connectivity index is 2.61. The lowest BCUT2D eigenvalue weighted by Crippen LogP contribution is -2.32. The number of nitrogen functional groups attached to an aromatic ring is 1. The van der Waals surface area contributed by atoms with Crippen LogP contribution in [0.15, 0.2) is 4.47 Å². The van der Waals surface area contributed by atoms with Crippen LogP contribution in [-0.4, -0.2) is 43.0 Å². The first-order valence-corrected chi connectivity index (χ1v) is 7.66. The van der Waals surface area contributed by atoms with Gasteiger partial charge in [0.1, 0.15) is 17.4 Å². The van der Waals surface area contributed by atoms with Gasteiger partial charge in [-0.1, -0.05) is 0 Å². The van der Waals surface area contributed by atoms with Gasteiger partial charge >= 0.3 is 5.69 Å². The van der Waals surface area contributed by atoms with Gasteiger partial charge in [0.15, 0.2) is 0 Å². The largest absolute Gasteiger partial charge is 0.392 e. The molecule has 0 saturated carbocycles. The van der Waals surface area contributed by atoms with E-state index >= 15 is 0 Å². The number of rotatable bonds is 3. The van der Waals surface area contributed by atoms with E-state index in [1.165, 1.54) is 0 Å². The van der Waals surface area contributed by atoms with Crippen LogP contribution in [0.25, 0.3) is 0 Å². The van der Waals surface area contributed by atoms with Crippen LogP contribution >= 0.6 is 15.9 Å². The third-order valence-corrected chi connectivity index (χ3v) is 5.14. The number of benzene rings is 1. The number of anilines is 2. The molecule has 1 aromatic carbocycles. The van der Waals surface area contributed by atoms with Gasteiger partial charge in [-0.25, -0.2) is 0 Å². The van der Waals surface area contributed by atoms with E-state index < -0.39 is 4.92 Å². The molecular weight excluding hydrogens is 350 g/mol. The van der Waals surface area contributed by atoms with Crippen molar-refractivity contribution in [2.75, 3.05) is 37.8 Å². The molecule has 1 atom stereocenters. The Labute approximate surface area is 137 Å². The number of nitrogens with two attached hydrogens (primary N) is 1. The number of nitrogens with zero attached hydrogens (tertiary/aromatic N) is 4.